The van der Waals surface area contributed by atoms with Gasteiger partial charge in [0.25, 0.3) is 0 Å². The first-order valence-electron chi connectivity index (χ1n) is 16.8. The number of aliphatic hydroxyl groups is 1. The molecule has 1 heterocycles. The predicted molar refractivity (Wildman–Crippen MR) is 193 cm³/mol. The Hall–Kier alpha value is -3.33. The van der Waals surface area contributed by atoms with Crippen molar-refractivity contribution in [2.24, 2.45) is 11.8 Å². The number of rotatable bonds is 10. The number of ketones is 1. The van der Waals surface area contributed by atoms with E-state index in [0.717, 1.165) is 36.9 Å². The molecule has 5 rings (SSSR count). The maximum atomic E-state index is 11.7. The Labute approximate surface area is 289 Å². The summed E-state index contributed by atoms with van der Waals surface area (Å²) in [4.78, 5) is 16.5. The summed E-state index contributed by atoms with van der Waals surface area (Å²) in [6.07, 6.45) is 6.85. The molecule has 1 aromatic heterocycles. The molecule has 245 valence electrons. The molecular weight excluding hydrogens is 743 g/mol. The standard InChI is InChI=1S/C29H26N.C13H24O2.Ir/c1-18(2)21-15-22(19(3)4)17-23(16-21)29-28-12-11-25-24-8-6-5-7-20(24)9-10-26(25)27(28)13-14-30-29;1-5-10(6-2)12(14)9-13(15)11(7-3)8-4;/h5-16,18-19H,1-4H3;9-11,14H,5-8H2,1-4H3;/q-1;;/b;12-9-;. The Balaban J connectivity index is 0.000000309. The first kappa shape index (κ1) is 37.1. The Kier molecular flexibility index (Phi) is 13.7. The van der Waals surface area contributed by atoms with Crippen molar-refractivity contribution in [1.29, 1.82) is 0 Å². The average Bonchev–Trinajstić information content (AvgIpc) is 3.05. The number of hydrogen-bond donors (Lipinski definition) is 1. The van der Waals surface area contributed by atoms with Crippen LogP contribution in [0.3, 0.4) is 0 Å². The van der Waals surface area contributed by atoms with Crippen LogP contribution >= 0.6 is 0 Å². The second-order valence-corrected chi connectivity index (χ2v) is 12.8. The molecule has 0 unspecified atom stereocenters. The number of carbonyl (C=O) groups excluding carboxylic acids is 1. The molecule has 4 heteroatoms. The van der Waals surface area contributed by atoms with Crippen molar-refractivity contribution in [2.45, 2.75) is 92.9 Å². The summed E-state index contributed by atoms with van der Waals surface area (Å²) >= 11 is 0. The zero-order chi connectivity index (χ0) is 32.7. The van der Waals surface area contributed by atoms with Crippen LogP contribution in [0.25, 0.3) is 43.6 Å². The number of carbonyl (C=O) groups is 1. The molecule has 0 aliphatic rings. The van der Waals surface area contributed by atoms with Crippen LogP contribution in [0.15, 0.2) is 84.8 Å². The van der Waals surface area contributed by atoms with Gasteiger partial charge in [-0.05, 0) is 81.6 Å². The molecule has 1 N–H and O–H groups in total. The minimum absolute atomic E-state index is 0. The third-order valence-corrected chi connectivity index (χ3v) is 9.21. The van der Waals surface area contributed by atoms with Crippen LogP contribution in [0.1, 0.15) is 104 Å². The van der Waals surface area contributed by atoms with E-state index in [1.54, 1.807) is 0 Å². The van der Waals surface area contributed by atoms with E-state index >= 15 is 0 Å². The van der Waals surface area contributed by atoms with Crippen molar-refractivity contribution in [3.63, 3.8) is 0 Å². The van der Waals surface area contributed by atoms with Gasteiger partial charge in [-0.25, -0.2) is 0 Å². The van der Waals surface area contributed by atoms with Gasteiger partial charge in [-0.2, -0.15) is 0 Å². The summed E-state index contributed by atoms with van der Waals surface area (Å²) < 4.78 is 0. The molecule has 4 aromatic carbocycles. The van der Waals surface area contributed by atoms with E-state index in [0.29, 0.717) is 11.8 Å². The predicted octanol–water partition coefficient (Wildman–Crippen LogP) is 12.1. The fraction of sp³-hybridized carbons (Fsp3) is 0.381. The first-order chi connectivity index (χ1) is 21.6. The van der Waals surface area contributed by atoms with Crippen LogP contribution in [-0.2, 0) is 24.9 Å². The van der Waals surface area contributed by atoms with Crippen molar-refractivity contribution in [2.75, 3.05) is 0 Å². The smallest absolute Gasteiger partial charge is 0.162 e. The molecule has 0 bridgehead atoms. The van der Waals surface area contributed by atoms with Crippen molar-refractivity contribution in [3.05, 3.63) is 102 Å². The van der Waals surface area contributed by atoms with Crippen molar-refractivity contribution in [1.82, 2.24) is 4.98 Å². The second kappa shape index (κ2) is 17.0. The van der Waals surface area contributed by atoms with Crippen LogP contribution in [0.5, 0.6) is 0 Å². The zero-order valence-electron chi connectivity index (χ0n) is 28.8. The van der Waals surface area contributed by atoms with Gasteiger partial charge in [0.1, 0.15) is 0 Å². The number of fused-ring (bicyclic) bond motifs is 5. The molecular formula is C42H50IrNO2-. The van der Waals surface area contributed by atoms with Gasteiger partial charge in [0, 0.05) is 44.2 Å². The number of allylic oxidation sites excluding steroid dienone is 2. The third kappa shape index (κ3) is 8.33. The largest absolute Gasteiger partial charge is 0.512 e. The van der Waals surface area contributed by atoms with E-state index in [2.05, 4.69) is 100 Å². The number of aliphatic hydroxyl groups excluding tert-OH is 1. The number of benzene rings is 4. The van der Waals surface area contributed by atoms with Crippen molar-refractivity contribution in [3.8, 4) is 11.3 Å². The molecule has 1 radical (unpaired) electrons. The maximum absolute atomic E-state index is 11.7. The molecule has 0 saturated heterocycles. The van der Waals surface area contributed by atoms with Gasteiger partial charge in [0.15, 0.2) is 5.78 Å². The van der Waals surface area contributed by atoms with Crippen LogP contribution in [-0.4, -0.2) is 15.9 Å². The molecule has 0 fully saturated rings. The molecule has 3 nitrogen and oxygen atoms in total. The molecule has 0 aliphatic heterocycles. The average molecular weight is 793 g/mol. The Bertz CT molecular complexity index is 1770. The molecule has 0 spiro atoms. The summed E-state index contributed by atoms with van der Waals surface area (Å²) in [5.41, 5.74) is 4.71. The quantitative estimate of drug-likeness (QED) is 0.0663. The summed E-state index contributed by atoms with van der Waals surface area (Å²) in [5.74, 6) is 1.45. The number of hydrogen-bond acceptors (Lipinski definition) is 3. The first-order valence-corrected chi connectivity index (χ1v) is 16.8. The van der Waals surface area contributed by atoms with Gasteiger partial charge in [-0.15, -0.1) is 34.9 Å². The fourth-order valence-electron chi connectivity index (χ4n) is 6.14. The summed E-state index contributed by atoms with van der Waals surface area (Å²) in [7, 11) is 0. The maximum Gasteiger partial charge on any atom is 0.162 e. The zero-order valence-corrected chi connectivity index (χ0v) is 31.2. The van der Waals surface area contributed by atoms with Gasteiger partial charge in [0.05, 0.1) is 5.76 Å². The van der Waals surface area contributed by atoms with Crippen molar-refractivity contribution >= 4 is 38.1 Å². The summed E-state index contributed by atoms with van der Waals surface area (Å²) in [6, 6.07) is 27.9. The molecule has 5 aromatic rings. The SMILES string of the molecule is CC(C)c1[c-]c(-c2nccc3c2ccc2c4ccccc4ccc32)cc(C(C)C)c1.CCC(CC)C(=O)/C=C(\O)C(CC)CC.[Ir]. The molecule has 46 heavy (non-hydrogen) atoms. The van der Waals surface area contributed by atoms with Gasteiger partial charge in [0.2, 0.25) is 0 Å². The number of aromatic nitrogens is 1. The van der Waals surface area contributed by atoms with Crippen LogP contribution in [0.2, 0.25) is 0 Å². The Morgan fingerprint density at radius 3 is 1.96 bits per heavy atom. The van der Waals surface area contributed by atoms with E-state index in [1.165, 1.54) is 49.5 Å². The van der Waals surface area contributed by atoms with E-state index in [1.807, 2.05) is 33.9 Å². The topological polar surface area (TPSA) is 50.2 Å². The van der Waals surface area contributed by atoms with Crippen LogP contribution in [0, 0.1) is 17.9 Å². The van der Waals surface area contributed by atoms with E-state index in [4.69, 9.17) is 4.98 Å². The Morgan fingerprint density at radius 1 is 0.739 bits per heavy atom. The minimum atomic E-state index is 0. The van der Waals surface area contributed by atoms with Gasteiger partial charge in [-0.1, -0.05) is 104 Å². The monoisotopic (exact) mass is 793 g/mol. The van der Waals surface area contributed by atoms with E-state index in [9.17, 15) is 9.90 Å². The van der Waals surface area contributed by atoms with E-state index in [-0.39, 0.29) is 43.5 Å². The van der Waals surface area contributed by atoms with Gasteiger partial charge >= 0.3 is 0 Å². The molecule has 0 atom stereocenters. The molecule has 0 amide bonds. The summed E-state index contributed by atoms with van der Waals surface area (Å²) in [6.45, 7) is 17.0. The van der Waals surface area contributed by atoms with Crippen LogP contribution in [0.4, 0.5) is 0 Å². The van der Waals surface area contributed by atoms with Crippen molar-refractivity contribution < 1.29 is 30.0 Å². The van der Waals surface area contributed by atoms with E-state index < -0.39 is 0 Å². The van der Waals surface area contributed by atoms with Gasteiger partial charge < -0.3 is 10.1 Å². The summed E-state index contributed by atoms with van der Waals surface area (Å²) in [5, 5.41) is 17.3. The Morgan fingerprint density at radius 2 is 1.33 bits per heavy atom. The molecule has 0 saturated carbocycles. The fourth-order valence-corrected chi connectivity index (χ4v) is 6.14. The van der Waals surface area contributed by atoms with Crippen LogP contribution < -0.4 is 0 Å². The molecule has 0 aliphatic carbocycles. The second-order valence-electron chi connectivity index (χ2n) is 12.8. The third-order valence-electron chi connectivity index (χ3n) is 9.21. The number of pyridine rings is 1. The number of nitrogens with zero attached hydrogens (tertiary/aromatic N) is 1. The minimum Gasteiger partial charge on any atom is -0.512 e. The van der Waals surface area contributed by atoms with Gasteiger partial charge in [-0.3, -0.25) is 4.79 Å². The normalized spacial score (nSPS) is 11.9.